The number of nitrogens with zero attached hydrogens (tertiary/aromatic N) is 1. The Morgan fingerprint density at radius 3 is 2.45 bits per heavy atom. The number of rotatable bonds is 6. The Morgan fingerprint density at radius 2 is 1.77 bits per heavy atom. The van der Waals surface area contributed by atoms with Gasteiger partial charge in [0.1, 0.15) is 18.2 Å². The van der Waals surface area contributed by atoms with Gasteiger partial charge in [0.15, 0.2) is 5.70 Å². The van der Waals surface area contributed by atoms with Crippen LogP contribution in [0.1, 0.15) is 42.0 Å². The zero-order valence-electron chi connectivity index (χ0n) is 17.3. The molecule has 0 unspecified atom stereocenters. The van der Waals surface area contributed by atoms with Crippen LogP contribution >= 0.6 is 0 Å². The molecule has 0 atom stereocenters. The fraction of sp³-hybridized carbons (Fsp3) is 0.154. The van der Waals surface area contributed by atoms with E-state index in [1.807, 2.05) is 36.4 Å². The van der Waals surface area contributed by atoms with Gasteiger partial charge in [-0.25, -0.2) is 14.2 Å². The molecule has 0 amide bonds. The molecule has 156 valence electrons. The monoisotopic (exact) mass is 415 g/mol. The van der Waals surface area contributed by atoms with E-state index in [9.17, 15) is 9.18 Å². The molecule has 5 heteroatoms. The van der Waals surface area contributed by atoms with E-state index in [2.05, 4.69) is 18.8 Å². The zero-order chi connectivity index (χ0) is 21.8. The highest BCUT2D eigenvalue weighted by Gasteiger charge is 2.24. The van der Waals surface area contributed by atoms with Crippen molar-refractivity contribution in [2.24, 2.45) is 4.99 Å². The second kappa shape index (κ2) is 8.96. The molecule has 0 saturated carbocycles. The average molecular weight is 415 g/mol. The van der Waals surface area contributed by atoms with Crippen molar-refractivity contribution in [1.82, 2.24) is 0 Å². The maximum absolute atomic E-state index is 13.2. The predicted octanol–water partition coefficient (Wildman–Crippen LogP) is 5.87. The minimum Gasteiger partial charge on any atom is -0.489 e. The van der Waals surface area contributed by atoms with Crippen LogP contribution in [0.4, 0.5) is 4.39 Å². The van der Waals surface area contributed by atoms with Crippen molar-refractivity contribution in [2.75, 3.05) is 0 Å². The third-order valence-corrected chi connectivity index (χ3v) is 4.92. The number of hydrogen-bond donors (Lipinski definition) is 0. The molecule has 4 rings (SSSR count). The first-order valence-corrected chi connectivity index (χ1v) is 10.1. The number of esters is 1. The summed E-state index contributed by atoms with van der Waals surface area (Å²) in [7, 11) is 0. The Morgan fingerprint density at radius 1 is 1.03 bits per heavy atom. The Bertz CT molecular complexity index is 1150. The molecule has 0 saturated heterocycles. The minimum absolute atomic E-state index is 0.247. The summed E-state index contributed by atoms with van der Waals surface area (Å²) >= 11 is 0. The van der Waals surface area contributed by atoms with E-state index in [-0.39, 0.29) is 18.1 Å². The minimum atomic E-state index is -0.477. The van der Waals surface area contributed by atoms with E-state index >= 15 is 0 Å². The second-order valence-electron chi connectivity index (χ2n) is 7.60. The van der Waals surface area contributed by atoms with Crippen LogP contribution in [0.3, 0.4) is 0 Å². The van der Waals surface area contributed by atoms with Crippen molar-refractivity contribution in [3.05, 3.63) is 107 Å². The average Bonchev–Trinajstić information content (AvgIpc) is 3.13. The topological polar surface area (TPSA) is 47.9 Å². The van der Waals surface area contributed by atoms with Crippen LogP contribution in [0.5, 0.6) is 5.75 Å². The van der Waals surface area contributed by atoms with Crippen molar-refractivity contribution < 1.29 is 18.7 Å². The van der Waals surface area contributed by atoms with Crippen LogP contribution in [0.15, 0.2) is 83.5 Å². The van der Waals surface area contributed by atoms with Gasteiger partial charge in [0.25, 0.3) is 0 Å². The van der Waals surface area contributed by atoms with E-state index in [1.54, 1.807) is 30.3 Å². The molecule has 4 nitrogen and oxygen atoms in total. The van der Waals surface area contributed by atoms with Gasteiger partial charge in [-0.2, -0.15) is 0 Å². The third-order valence-electron chi connectivity index (χ3n) is 4.92. The first-order valence-electron chi connectivity index (χ1n) is 10.1. The molecule has 0 aliphatic carbocycles. The summed E-state index contributed by atoms with van der Waals surface area (Å²) in [5.41, 5.74) is 3.77. The van der Waals surface area contributed by atoms with Gasteiger partial charge in [-0.05, 0) is 65.1 Å². The van der Waals surface area contributed by atoms with Crippen molar-refractivity contribution in [2.45, 2.75) is 26.4 Å². The summed E-state index contributed by atoms with van der Waals surface area (Å²) in [5, 5.41) is 0. The van der Waals surface area contributed by atoms with Crippen molar-refractivity contribution in [3.63, 3.8) is 0 Å². The smallest absolute Gasteiger partial charge is 0.363 e. The highest BCUT2D eigenvalue weighted by molar-refractivity contribution is 6.12. The molecular formula is C26H22FNO3. The van der Waals surface area contributed by atoms with Gasteiger partial charge in [-0.15, -0.1) is 0 Å². The number of benzene rings is 3. The van der Waals surface area contributed by atoms with E-state index in [0.29, 0.717) is 17.6 Å². The Kier molecular flexibility index (Phi) is 5.94. The number of halogens is 1. The summed E-state index contributed by atoms with van der Waals surface area (Å²) in [4.78, 5) is 16.6. The molecule has 1 aliphatic heterocycles. The van der Waals surface area contributed by atoms with E-state index in [4.69, 9.17) is 9.47 Å². The Labute approximate surface area is 180 Å². The summed E-state index contributed by atoms with van der Waals surface area (Å²) < 4.78 is 24.3. The molecule has 3 aromatic rings. The molecule has 3 aromatic carbocycles. The molecule has 0 aromatic heterocycles. The molecule has 0 bridgehead atoms. The lowest BCUT2D eigenvalue weighted by Crippen LogP contribution is -2.05. The molecular weight excluding hydrogens is 393 g/mol. The van der Waals surface area contributed by atoms with Crippen molar-refractivity contribution in [3.8, 4) is 5.75 Å². The first-order chi connectivity index (χ1) is 15.0. The third kappa shape index (κ3) is 5.07. The maximum atomic E-state index is 13.2. The van der Waals surface area contributed by atoms with Crippen LogP contribution in [0.25, 0.3) is 6.08 Å². The molecule has 0 fully saturated rings. The number of carbonyl (C=O) groups is 1. The lowest BCUT2D eigenvalue weighted by atomic mass is 10.0. The molecule has 0 spiro atoms. The fourth-order valence-corrected chi connectivity index (χ4v) is 3.15. The van der Waals surface area contributed by atoms with E-state index < -0.39 is 5.97 Å². The number of hydrogen-bond acceptors (Lipinski definition) is 4. The van der Waals surface area contributed by atoms with Crippen molar-refractivity contribution >= 4 is 17.9 Å². The van der Waals surface area contributed by atoms with Crippen LogP contribution in [-0.4, -0.2) is 11.9 Å². The van der Waals surface area contributed by atoms with E-state index in [1.165, 1.54) is 17.7 Å². The maximum Gasteiger partial charge on any atom is 0.363 e. The highest BCUT2D eigenvalue weighted by Crippen LogP contribution is 2.22. The van der Waals surface area contributed by atoms with Gasteiger partial charge < -0.3 is 9.47 Å². The normalized spacial score (nSPS) is 14.6. The number of ether oxygens (including phenoxy) is 2. The summed E-state index contributed by atoms with van der Waals surface area (Å²) in [6.45, 7) is 4.52. The van der Waals surface area contributed by atoms with Crippen LogP contribution in [0.2, 0.25) is 0 Å². The first kappa shape index (κ1) is 20.5. The van der Waals surface area contributed by atoms with Gasteiger partial charge in [-0.1, -0.05) is 50.2 Å². The summed E-state index contributed by atoms with van der Waals surface area (Å²) in [5.74, 6) is 0.617. The summed E-state index contributed by atoms with van der Waals surface area (Å²) in [6.07, 6.45) is 1.67. The number of carbonyl (C=O) groups excluding carboxylic acids is 1. The largest absolute Gasteiger partial charge is 0.489 e. The van der Waals surface area contributed by atoms with Gasteiger partial charge in [0.05, 0.1) is 0 Å². The number of cyclic esters (lactones) is 1. The highest BCUT2D eigenvalue weighted by atomic mass is 19.1. The summed E-state index contributed by atoms with van der Waals surface area (Å²) in [6, 6.07) is 21.4. The quantitative estimate of drug-likeness (QED) is 0.374. The molecule has 1 heterocycles. The van der Waals surface area contributed by atoms with Crippen LogP contribution in [-0.2, 0) is 16.1 Å². The van der Waals surface area contributed by atoms with Gasteiger partial charge in [0, 0.05) is 5.56 Å². The van der Waals surface area contributed by atoms with Gasteiger partial charge in [-0.3, -0.25) is 0 Å². The standard InChI is InChI=1S/C26H22FNO3/c1-17(2)20-8-10-21(11-9-20)25-28-24(26(29)31-25)15-18-6-12-23(13-7-18)30-16-19-4-3-5-22(27)14-19/h3-15,17H,16H2,1-2H3/b24-15-. The van der Waals surface area contributed by atoms with Crippen LogP contribution in [0, 0.1) is 5.82 Å². The number of aliphatic imine (C=N–C) groups is 1. The lowest BCUT2D eigenvalue weighted by Gasteiger charge is -2.06. The van der Waals surface area contributed by atoms with Crippen molar-refractivity contribution in [1.29, 1.82) is 0 Å². The molecule has 0 radical (unpaired) electrons. The molecule has 0 N–H and O–H groups in total. The predicted molar refractivity (Wildman–Crippen MR) is 118 cm³/mol. The van der Waals surface area contributed by atoms with Gasteiger partial charge in [0.2, 0.25) is 5.90 Å². The SMILES string of the molecule is CC(C)c1ccc(C2=N/C(=C\c3ccc(OCc4cccc(F)c4)cc3)C(=O)O2)cc1. The lowest BCUT2D eigenvalue weighted by molar-refractivity contribution is -0.129. The fourth-order valence-electron chi connectivity index (χ4n) is 3.15. The molecule has 1 aliphatic rings. The zero-order valence-corrected chi connectivity index (χ0v) is 17.3. The Hall–Kier alpha value is -3.73. The van der Waals surface area contributed by atoms with Crippen LogP contribution < -0.4 is 4.74 Å². The van der Waals surface area contributed by atoms with Gasteiger partial charge >= 0.3 is 5.97 Å². The Balaban J connectivity index is 1.44. The molecule has 31 heavy (non-hydrogen) atoms. The van der Waals surface area contributed by atoms with E-state index in [0.717, 1.165) is 16.7 Å². The second-order valence-corrected chi connectivity index (χ2v) is 7.60.